The predicted molar refractivity (Wildman–Crippen MR) is 54.1 cm³/mol. The molecule has 0 aliphatic rings. The fourth-order valence-corrected chi connectivity index (χ4v) is 1.70. The zero-order chi connectivity index (χ0) is 11.9. The zero-order valence-corrected chi connectivity index (χ0v) is 8.71. The molecular formula is C11H8F2N2O. The normalized spacial score (nSPS) is 10.4. The molecule has 0 N–H and O–H groups in total. The third-order valence-corrected chi connectivity index (χ3v) is 2.51. The molecule has 0 saturated heterocycles. The number of benzene rings is 1. The van der Waals surface area contributed by atoms with Gasteiger partial charge in [0.15, 0.2) is 11.6 Å². The third kappa shape index (κ3) is 1.23. The van der Waals surface area contributed by atoms with Crippen LogP contribution in [0.3, 0.4) is 0 Å². The van der Waals surface area contributed by atoms with Crippen LogP contribution in [-0.4, -0.2) is 11.7 Å². The van der Waals surface area contributed by atoms with Crippen LogP contribution in [0.4, 0.5) is 8.78 Å². The monoisotopic (exact) mass is 222 g/mol. The van der Waals surface area contributed by atoms with Gasteiger partial charge in [-0.3, -0.25) is 0 Å². The minimum absolute atomic E-state index is 0.0356. The van der Waals surface area contributed by atoms with Crippen LogP contribution in [0.5, 0.6) is 5.75 Å². The number of halogens is 2. The van der Waals surface area contributed by atoms with Crippen molar-refractivity contribution in [2.75, 3.05) is 7.11 Å². The van der Waals surface area contributed by atoms with Crippen molar-refractivity contribution in [2.24, 2.45) is 7.05 Å². The smallest absolute Gasteiger partial charge is 0.183 e. The third-order valence-electron chi connectivity index (χ3n) is 2.51. The molecule has 0 atom stereocenters. The van der Waals surface area contributed by atoms with Crippen LogP contribution in [0.2, 0.25) is 0 Å². The fraction of sp³-hybridized carbons (Fsp3) is 0.182. The standard InChI is InChI=1S/C11H8F2N2O/c1-15-6(5-14)3-7-9(16-2)4-8(12)10(13)11(7)15/h3-4H,1-2H3. The van der Waals surface area contributed by atoms with E-state index in [2.05, 4.69) is 0 Å². The van der Waals surface area contributed by atoms with Gasteiger partial charge in [0.2, 0.25) is 0 Å². The number of ether oxygens (including phenoxy) is 1. The summed E-state index contributed by atoms with van der Waals surface area (Å²) in [6, 6.07) is 4.34. The first-order chi connectivity index (χ1) is 7.60. The lowest BCUT2D eigenvalue weighted by atomic mass is 10.2. The quantitative estimate of drug-likeness (QED) is 0.742. The first-order valence-corrected chi connectivity index (χ1v) is 4.51. The first-order valence-electron chi connectivity index (χ1n) is 4.51. The second-order valence-corrected chi connectivity index (χ2v) is 3.34. The molecule has 0 unspecified atom stereocenters. The van der Waals surface area contributed by atoms with Gasteiger partial charge in [-0.05, 0) is 6.07 Å². The zero-order valence-electron chi connectivity index (χ0n) is 8.71. The van der Waals surface area contributed by atoms with Gasteiger partial charge in [-0.2, -0.15) is 5.26 Å². The largest absolute Gasteiger partial charge is 0.496 e. The van der Waals surface area contributed by atoms with Gasteiger partial charge >= 0.3 is 0 Å². The van der Waals surface area contributed by atoms with Crippen molar-refractivity contribution in [1.82, 2.24) is 4.57 Å². The van der Waals surface area contributed by atoms with Crippen LogP contribution >= 0.6 is 0 Å². The minimum atomic E-state index is -0.991. The van der Waals surface area contributed by atoms with E-state index in [4.69, 9.17) is 10.00 Å². The van der Waals surface area contributed by atoms with E-state index < -0.39 is 11.6 Å². The molecule has 3 nitrogen and oxygen atoms in total. The minimum Gasteiger partial charge on any atom is -0.496 e. The summed E-state index contributed by atoms with van der Waals surface area (Å²) in [4.78, 5) is 0. The number of aromatic nitrogens is 1. The van der Waals surface area contributed by atoms with Crippen LogP contribution in [0.25, 0.3) is 10.9 Å². The summed E-state index contributed by atoms with van der Waals surface area (Å²) in [6.07, 6.45) is 0. The van der Waals surface area contributed by atoms with Gasteiger partial charge in [-0.1, -0.05) is 0 Å². The highest BCUT2D eigenvalue weighted by atomic mass is 19.2. The van der Waals surface area contributed by atoms with Gasteiger partial charge in [0.25, 0.3) is 0 Å². The van der Waals surface area contributed by atoms with Crippen LogP contribution in [0.15, 0.2) is 12.1 Å². The van der Waals surface area contributed by atoms with E-state index in [1.807, 2.05) is 6.07 Å². The highest BCUT2D eigenvalue weighted by Crippen LogP contribution is 2.31. The van der Waals surface area contributed by atoms with E-state index in [0.717, 1.165) is 6.07 Å². The second-order valence-electron chi connectivity index (χ2n) is 3.34. The maximum absolute atomic E-state index is 13.6. The van der Waals surface area contributed by atoms with E-state index >= 15 is 0 Å². The van der Waals surface area contributed by atoms with Crippen molar-refractivity contribution >= 4 is 10.9 Å². The van der Waals surface area contributed by atoms with Crippen molar-refractivity contribution in [3.05, 3.63) is 29.5 Å². The Morgan fingerprint density at radius 2 is 2.06 bits per heavy atom. The van der Waals surface area contributed by atoms with Gasteiger partial charge in [0, 0.05) is 18.5 Å². The summed E-state index contributed by atoms with van der Waals surface area (Å²) >= 11 is 0. The van der Waals surface area contributed by atoms with Crippen LogP contribution in [0.1, 0.15) is 5.69 Å². The lowest BCUT2D eigenvalue weighted by Crippen LogP contribution is -1.96. The Bertz CT molecular complexity index is 611. The van der Waals surface area contributed by atoms with Crippen molar-refractivity contribution < 1.29 is 13.5 Å². The summed E-state index contributed by atoms with van der Waals surface area (Å²) in [6.45, 7) is 0. The van der Waals surface area contributed by atoms with Crippen LogP contribution < -0.4 is 4.74 Å². The Hall–Kier alpha value is -2.09. The van der Waals surface area contributed by atoms with Crippen molar-refractivity contribution in [3.8, 4) is 11.8 Å². The Kier molecular flexibility index (Phi) is 2.27. The van der Waals surface area contributed by atoms with Crippen LogP contribution in [0, 0.1) is 23.0 Å². The lowest BCUT2D eigenvalue weighted by Gasteiger charge is -2.05. The number of aryl methyl sites for hydroxylation is 1. The lowest BCUT2D eigenvalue weighted by molar-refractivity contribution is 0.412. The second kappa shape index (κ2) is 3.49. The molecule has 0 saturated carbocycles. The van der Waals surface area contributed by atoms with Gasteiger partial charge in [0.05, 0.1) is 12.6 Å². The van der Waals surface area contributed by atoms with E-state index in [1.165, 1.54) is 24.8 Å². The molecule has 82 valence electrons. The Morgan fingerprint density at radius 3 is 2.62 bits per heavy atom. The number of fused-ring (bicyclic) bond motifs is 1. The van der Waals surface area contributed by atoms with Crippen molar-refractivity contribution in [3.63, 3.8) is 0 Å². The van der Waals surface area contributed by atoms with Gasteiger partial charge in [0.1, 0.15) is 17.5 Å². The van der Waals surface area contributed by atoms with Crippen LogP contribution in [-0.2, 0) is 7.05 Å². The molecule has 0 aliphatic carbocycles. The van der Waals surface area contributed by atoms with Gasteiger partial charge in [-0.15, -0.1) is 0 Å². The number of nitrogens with zero attached hydrogens (tertiary/aromatic N) is 2. The Balaban J connectivity index is 2.98. The molecular weight excluding hydrogens is 214 g/mol. The number of hydrogen-bond donors (Lipinski definition) is 0. The first kappa shape index (κ1) is 10.4. The molecule has 0 aliphatic heterocycles. The number of hydrogen-bond acceptors (Lipinski definition) is 2. The van der Waals surface area contributed by atoms with E-state index in [1.54, 1.807) is 0 Å². The summed E-state index contributed by atoms with van der Waals surface area (Å²) in [7, 11) is 2.87. The topological polar surface area (TPSA) is 37.9 Å². The number of rotatable bonds is 1. The molecule has 1 aromatic heterocycles. The highest BCUT2D eigenvalue weighted by molar-refractivity contribution is 5.88. The summed E-state index contributed by atoms with van der Waals surface area (Å²) in [5.74, 6) is -1.75. The molecule has 5 heteroatoms. The molecule has 1 heterocycles. The van der Waals surface area contributed by atoms with E-state index in [9.17, 15) is 8.78 Å². The molecule has 0 fully saturated rings. The molecule has 2 aromatic rings. The molecule has 16 heavy (non-hydrogen) atoms. The fourth-order valence-electron chi connectivity index (χ4n) is 1.70. The summed E-state index contributed by atoms with van der Waals surface area (Å²) < 4.78 is 33.1. The summed E-state index contributed by atoms with van der Waals surface area (Å²) in [5.41, 5.74) is 0.284. The predicted octanol–water partition coefficient (Wildman–Crippen LogP) is 2.34. The highest BCUT2D eigenvalue weighted by Gasteiger charge is 2.18. The number of methoxy groups -OCH3 is 1. The molecule has 0 bridgehead atoms. The average Bonchev–Trinajstić information content (AvgIpc) is 2.61. The van der Waals surface area contributed by atoms with Gasteiger partial charge in [-0.25, -0.2) is 8.78 Å². The maximum Gasteiger partial charge on any atom is 0.183 e. The molecule has 2 rings (SSSR count). The molecule has 0 spiro atoms. The van der Waals surface area contributed by atoms with Crippen molar-refractivity contribution in [1.29, 1.82) is 5.26 Å². The Morgan fingerprint density at radius 1 is 1.38 bits per heavy atom. The average molecular weight is 222 g/mol. The van der Waals surface area contributed by atoms with E-state index in [-0.39, 0.29) is 17.0 Å². The maximum atomic E-state index is 13.6. The van der Waals surface area contributed by atoms with E-state index in [0.29, 0.717) is 5.39 Å². The Labute approximate surface area is 90.5 Å². The molecule has 0 amide bonds. The molecule has 1 aromatic carbocycles. The number of nitriles is 1. The summed E-state index contributed by atoms with van der Waals surface area (Å²) in [5, 5.41) is 9.20. The van der Waals surface area contributed by atoms with Gasteiger partial charge < -0.3 is 9.30 Å². The SMILES string of the molecule is COc1cc(F)c(F)c2c1cc(C#N)n2C. The molecule has 0 radical (unpaired) electrons. The van der Waals surface area contributed by atoms with Crippen molar-refractivity contribution in [2.45, 2.75) is 0 Å².